The van der Waals surface area contributed by atoms with Crippen molar-refractivity contribution in [2.24, 2.45) is 46.6 Å². The van der Waals surface area contributed by atoms with Gasteiger partial charge in [-0.25, -0.2) is 0 Å². The van der Waals surface area contributed by atoms with E-state index in [-0.39, 0.29) is 69.7 Å². The maximum atomic E-state index is 15.0. The summed E-state index contributed by atoms with van der Waals surface area (Å²) < 4.78 is 0. The molecule has 0 radical (unpaired) electrons. The van der Waals surface area contributed by atoms with Crippen molar-refractivity contribution >= 4 is 110 Å². The fourth-order valence-corrected chi connectivity index (χ4v) is 13.1. The minimum Gasteiger partial charge on any atom is -0.481 e. The number of aliphatic carboxylic acids is 1. The molecule has 0 aliphatic heterocycles. The minimum atomic E-state index is -1.88. The quantitative estimate of drug-likeness (QED) is 0.0213. The third kappa shape index (κ3) is 30.2. The summed E-state index contributed by atoms with van der Waals surface area (Å²) in [6, 6.07) is 14.1. The molecule has 117 heavy (non-hydrogen) atoms. The molecule has 0 saturated carbocycles. The number of aliphatic hydroxyl groups excluding tert-OH is 1. The fourth-order valence-electron chi connectivity index (χ4n) is 13.1. The van der Waals surface area contributed by atoms with E-state index in [4.69, 9.17) is 22.9 Å². The summed E-state index contributed by atoms with van der Waals surface area (Å²) in [6.45, 7) is 11.8. The van der Waals surface area contributed by atoms with Crippen LogP contribution in [0.1, 0.15) is 129 Å². The Morgan fingerprint density at radius 3 is 1.26 bits per heavy atom. The van der Waals surface area contributed by atoms with E-state index in [1.54, 1.807) is 157 Å². The molecule has 2 heterocycles. The lowest BCUT2D eigenvalue weighted by Crippen LogP contribution is -2.62. The van der Waals surface area contributed by atoms with Crippen molar-refractivity contribution in [3.63, 3.8) is 0 Å². The number of H-pyrrole nitrogens is 2. The van der Waals surface area contributed by atoms with Gasteiger partial charge < -0.3 is 107 Å². The van der Waals surface area contributed by atoms with Gasteiger partial charge in [-0.1, -0.05) is 152 Å². The number of amides is 14. The van der Waals surface area contributed by atoms with Crippen LogP contribution in [-0.2, 0) is 97.6 Å². The van der Waals surface area contributed by atoms with Crippen molar-refractivity contribution in [3.8, 4) is 0 Å². The highest BCUT2D eigenvalue weighted by molar-refractivity contribution is 6.01. The second-order valence-corrected chi connectivity index (χ2v) is 30.6. The number of fused-ring (bicyclic) bond motifs is 2. The first-order chi connectivity index (χ1) is 55.5. The van der Waals surface area contributed by atoms with Crippen LogP contribution in [0.15, 0.2) is 122 Å². The van der Waals surface area contributed by atoms with E-state index < -0.39 is 205 Å². The molecule has 14 amide bonds. The van der Waals surface area contributed by atoms with Crippen LogP contribution in [0.4, 0.5) is 0 Å². The van der Waals surface area contributed by atoms with Crippen molar-refractivity contribution in [3.05, 3.63) is 144 Å². The zero-order valence-corrected chi connectivity index (χ0v) is 67.2. The number of hydrogen-bond donors (Lipinski definition) is 20. The van der Waals surface area contributed by atoms with Crippen LogP contribution < -0.4 is 86.7 Å². The van der Waals surface area contributed by atoms with E-state index in [1.807, 2.05) is 19.9 Å². The Labute approximate surface area is 678 Å². The van der Waals surface area contributed by atoms with Gasteiger partial charge in [0.25, 0.3) is 0 Å². The van der Waals surface area contributed by atoms with E-state index in [0.29, 0.717) is 44.9 Å². The number of carboxylic acids is 1. The number of para-hydroxylation sites is 2. The highest BCUT2D eigenvalue weighted by Gasteiger charge is 2.39. The molecule has 0 saturated heterocycles. The highest BCUT2D eigenvalue weighted by Crippen LogP contribution is 2.23. The zero-order chi connectivity index (χ0) is 86.2. The van der Waals surface area contributed by atoms with Gasteiger partial charge >= 0.3 is 5.97 Å². The van der Waals surface area contributed by atoms with Crippen LogP contribution in [0.5, 0.6) is 0 Å². The molecule has 6 aromatic rings. The summed E-state index contributed by atoms with van der Waals surface area (Å²) in [6.07, 6.45) is 1.37. The molecule has 0 unspecified atom stereocenters. The first kappa shape index (κ1) is 93.7. The molecular weight excluding hydrogens is 1510 g/mol. The SMILES string of the molecule is CC(C)C[C@H](NC(=O)[C@H](CCC(=O)O)NC(=O)CNC(=O)[C@H](CC(C)C)NC(=O)[C@@H](N)Cc1ccccc1)C(=O)N[C@@H](Cc1c[nH]c2ccccc12)C(=O)N[C@@H](CC(N)=O)C(=O)N[C@H](C(=O)N[C@@H](Cc1c[nH]c2ccccc12)C(=O)N[C@@H](CCCCN)C(=O)N[C@@H](CO)C(=O)N[C@H](C(=O)N[C@@H](Cc1ccccc1)C(N)=O)C(C)C)C(C)C. The van der Waals surface area contributed by atoms with Crippen molar-refractivity contribution in [2.45, 2.75) is 205 Å². The summed E-state index contributed by atoms with van der Waals surface area (Å²) in [5.41, 5.74) is 27.2. The molecule has 12 atom stereocenters. The molecular formula is C82H114N18O17. The molecule has 0 fully saturated rings. The summed E-state index contributed by atoms with van der Waals surface area (Å²) in [7, 11) is 0. The molecule has 2 aromatic heterocycles. The summed E-state index contributed by atoms with van der Waals surface area (Å²) in [4.78, 5) is 215. The Morgan fingerprint density at radius 1 is 0.402 bits per heavy atom. The number of benzene rings is 4. The standard InChI is InChI=1S/C82H114N18O17/c1-44(2)33-60(93-72(107)54(84)35-48-21-11-9-12-22-48)73(108)89-42-67(103)90-58(30-31-68(104)105)75(110)94-61(34-45(3)4)76(111)95-62(37-50-40-87-55-27-17-15-25-52(50)55)78(113)96-64(39-66(85)102)79(114)99-70(47(7)8)82(117)97-63(38-51-41-88-56-28-18-16-26-53(51)56)77(112)91-57(29-19-20-32-83)74(109)98-65(43-101)80(115)100-69(46(5)6)81(116)92-59(71(86)106)36-49-23-13-10-14-24-49/h9-18,21-28,40-41,44-47,54,57-65,69-70,87-88,101H,19-20,29-39,42-43,83-84H2,1-8H3,(H2,85,102)(H2,86,106)(H,89,108)(H,90,103)(H,91,112)(H,92,116)(H,93,107)(H,94,110)(H,95,111)(H,96,113)(H,97,117)(H,98,109)(H,99,114)(H,100,115)(H,104,105)/t54-,57-,58-,59-,60-,61-,62-,63-,64-,65-,69-,70-/m0/s1. The van der Waals surface area contributed by atoms with E-state index in [9.17, 15) is 77.3 Å². The Kier molecular flexibility index (Phi) is 37.2. The predicted molar refractivity (Wildman–Crippen MR) is 435 cm³/mol. The maximum absolute atomic E-state index is 15.0. The van der Waals surface area contributed by atoms with Gasteiger partial charge in [-0.05, 0) is 110 Å². The number of carbonyl (C=O) groups excluding carboxylic acids is 14. The lowest BCUT2D eigenvalue weighted by Gasteiger charge is -2.29. The monoisotopic (exact) mass is 1620 g/mol. The Balaban J connectivity index is 1.22. The Bertz CT molecular complexity index is 4400. The molecule has 634 valence electrons. The summed E-state index contributed by atoms with van der Waals surface area (Å²) in [5, 5.41) is 52.6. The number of aliphatic hydroxyl groups is 1. The molecule has 0 aliphatic rings. The third-order valence-electron chi connectivity index (χ3n) is 19.4. The van der Waals surface area contributed by atoms with Crippen LogP contribution in [0.25, 0.3) is 21.8 Å². The molecule has 0 bridgehead atoms. The number of rotatable bonds is 49. The van der Waals surface area contributed by atoms with Crippen LogP contribution in [0.2, 0.25) is 0 Å². The van der Waals surface area contributed by atoms with Crippen LogP contribution >= 0.6 is 0 Å². The molecule has 35 nitrogen and oxygen atoms in total. The van der Waals surface area contributed by atoms with E-state index >= 15 is 4.79 Å². The first-order valence-electron chi connectivity index (χ1n) is 39.2. The van der Waals surface area contributed by atoms with Gasteiger partial charge in [0.05, 0.1) is 25.6 Å². The number of nitrogens with two attached hydrogens (primary N) is 4. The number of hydrogen-bond acceptors (Lipinski definition) is 18. The molecule has 24 N–H and O–H groups in total. The number of nitrogens with one attached hydrogen (secondary N) is 14. The van der Waals surface area contributed by atoms with Gasteiger partial charge in [0.2, 0.25) is 82.7 Å². The van der Waals surface area contributed by atoms with Gasteiger partial charge in [-0.15, -0.1) is 0 Å². The molecule has 4 aromatic carbocycles. The molecule has 0 aliphatic carbocycles. The van der Waals surface area contributed by atoms with E-state index in [0.717, 1.165) is 5.56 Å². The second kappa shape index (κ2) is 46.4. The third-order valence-corrected chi connectivity index (χ3v) is 19.4. The molecule has 6 rings (SSSR count). The number of unbranched alkanes of at least 4 members (excludes halogenated alkanes) is 1. The predicted octanol–water partition coefficient (Wildman–Crippen LogP) is -0.553. The fraction of sp³-hybridized carbons (Fsp3) is 0.476. The molecule has 0 spiro atoms. The van der Waals surface area contributed by atoms with Crippen LogP contribution in [0, 0.1) is 23.7 Å². The second-order valence-electron chi connectivity index (χ2n) is 30.6. The minimum absolute atomic E-state index is 0.0378. The van der Waals surface area contributed by atoms with Crippen molar-refractivity contribution in [1.29, 1.82) is 0 Å². The van der Waals surface area contributed by atoms with E-state index in [2.05, 4.69) is 73.8 Å². The summed E-state index contributed by atoms with van der Waals surface area (Å²) >= 11 is 0. The smallest absolute Gasteiger partial charge is 0.303 e. The number of primary amides is 2. The topological polar surface area (TPSA) is 577 Å². The van der Waals surface area contributed by atoms with Gasteiger partial charge in [0.1, 0.15) is 66.5 Å². The van der Waals surface area contributed by atoms with Gasteiger partial charge in [0, 0.05) is 59.9 Å². The van der Waals surface area contributed by atoms with Crippen molar-refractivity contribution in [2.75, 3.05) is 19.7 Å². The van der Waals surface area contributed by atoms with E-state index in [1.165, 1.54) is 0 Å². The average Bonchev–Trinajstić information content (AvgIpc) is 1.71. The largest absolute Gasteiger partial charge is 0.481 e. The van der Waals surface area contributed by atoms with Crippen molar-refractivity contribution in [1.82, 2.24) is 73.8 Å². The van der Waals surface area contributed by atoms with Crippen LogP contribution in [0.3, 0.4) is 0 Å². The number of carboxylic acid groups (broad SMARTS) is 1. The average molecular weight is 1620 g/mol. The van der Waals surface area contributed by atoms with Gasteiger partial charge in [0.15, 0.2) is 0 Å². The zero-order valence-electron chi connectivity index (χ0n) is 67.2. The Hall–Kier alpha value is -12.1. The number of carbonyl (C=O) groups is 15. The normalized spacial score (nSPS) is 14.5. The molecule has 35 heteroatoms. The summed E-state index contributed by atoms with van der Waals surface area (Å²) in [5.74, 6) is -16.4. The maximum Gasteiger partial charge on any atom is 0.303 e. The number of aromatic amines is 2. The highest BCUT2D eigenvalue weighted by atomic mass is 16.4. The van der Waals surface area contributed by atoms with Crippen molar-refractivity contribution < 1.29 is 82.1 Å². The van der Waals surface area contributed by atoms with Gasteiger partial charge in [-0.2, -0.15) is 0 Å². The lowest BCUT2D eigenvalue weighted by molar-refractivity contribution is -0.138. The van der Waals surface area contributed by atoms with Gasteiger partial charge in [-0.3, -0.25) is 71.9 Å². The lowest BCUT2D eigenvalue weighted by atomic mass is 9.99. The Morgan fingerprint density at radius 2 is 0.795 bits per heavy atom. The number of aromatic nitrogens is 2. The van der Waals surface area contributed by atoms with Crippen LogP contribution in [-0.4, -0.2) is 201 Å². The first-order valence-corrected chi connectivity index (χ1v) is 39.2.